The molecule has 1 aliphatic carbocycles. The van der Waals surface area contributed by atoms with Crippen LogP contribution in [0.15, 0.2) is 71.1 Å². The highest BCUT2D eigenvalue weighted by Gasteiger charge is 2.08. The Balaban J connectivity index is 1.94. The topological polar surface area (TPSA) is 61.7 Å². The van der Waals surface area contributed by atoms with Crippen molar-refractivity contribution < 1.29 is 10.0 Å². The second kappa shape index (κ2) is 9.56. The first kappa shape index (κ1) is 19.4. The predicted molar refractivity (Wildman–Crippen MR) is 107 cm³/mol. The number of aryl methyl sites for hydroxylation is 1. The first-order valence-corrected chi connectivity index (χ1v) is 8.83. The zero-order valence-electron chi connectivity index (χ0n) is 15.6. The van der Waals surface area contributed by atoms with Gasteiger partial charge >= 0.3 is 0 Å². The van der Waals surface area contributed by atoms with Crippen molar-refractivity contribution in [2.45, 2.75) is 40.0 Å². The summed E-state index contributed by atoms with van der Waals surface area (Å²) in [4.78, 5) is 12.2. The van der Waals surface area contributed by atoms with Gasteiger partial charge in [-0.2, -0.15) is 0 Å². The van der Waals surface area contributed by atoms with Crippen LogP contribution >= 0.6 is 0 Å². The molecule has 0 heterocycles. The number of allylic oxidation sites excluding steroid dienone is 7. The van der Waals surface area contributed by atoms with Crippen molar-refractivity contribution in [1.29, 1.82) is 0 Å². The van der Waals surface area contributed by atoms with Crippen LogP contribution in [0.1, 0.15) is 44.7 Å². The summed E-state index contributed by atoms with van der Waals surface area (Å²) in [6, 6.07) is 8.00. The largest absolute Gasteiger partial charge is 0.411 e. The third-order valence-corrected chi connectivity index (χ3v) is 4.39. The van der Waals surface area contributed by atoms with Gasteiger partial charge in [-0.15, -0.1) is 0 Å². The van der Waals surface area contributed by atoms with Crippen molar-refractivity contribution in [1.82, 2.24) is 5.32 Å². The molecule has 1 aliphatic rings. The quantitative estimate of drug-likeness (QED) is 0.441. The maximum atomic E-state index is 12.2. The Kier molecular flexibility index (Phi) is 7.15. The van der Waals surface area contributed by atoms with Gasteiger partial charge in [-0.1, -0.05) is 53.7 Å². The van der Waals surface area contributed by atoms with Crippen LogP contribution in [0.5, 0.6) is 0 Å². The SMILES string of the molecule is C/C=C(/C(C)=N\O)c1ccc(CCC(=O)NC2=CC=CCC=C2C)cc1. The molecule has 0 atom stereocenters. The van der Waals surface area contributed by atoms with Gasteiger partial charge in [0.05, 0.1) is 5.71 Å². The second-order valence-corrected chi connectivity index (χ2v) is 6.26. The molecule has 1 aromatic carbocycles. The van der Waals surface area contributed by atoms with Crippen LogP contribution in [0.3, 0.4) is 0 Å². The molecule has 1 amide bonds. The van der Waals surface area contributed by atoms with E-state index in [-0.39, 0.29) is 5.91 Å². The van der Waals surface area contributed by atoms with Crippen LogP contribution in [0.4, 0.5) is 0 Å². The van der Waals surface area contributed by atoms with Gasteiger partial charge in [0.15, 0.2) is 0 Å². The Morgan fingerprint density at radius 1 is 1.31 bits per heavy atom. The van der Waals surface area contributed by atoms with E-state index in [0.29, 0.717) is 18.6 Å². The summed E-state index contributed by atoms with van der Waals surface area (Å²) < 4.78 is 0. The van der Waals surface area contributed by atoms with Crippen LogP contribution in [0.25, 0.3) is 5.57 Å². The highest BCUT2D eigenvalue weighted by molar-refractivity contribution is 6.22. The summed E-state index contributed by atoms with van der Waals surface area (Å²) in [7, 11) is 0. The van der Waals surface area contributed by atoms with E-state index in [1.54, 1.807) is 6.92 Å². The monoisotopic (exact) mass is 350 g/mol. The number of nitrogens with one attached hydrogen (secondary N) is 1. The molecule has 0 aromatic heterocycles. The van der Waals surface area contributed by atoms with E-state index in [1.165, 1.54) is 0 Å². The van der Waals surface area contributed by atoms with Gasteiger partial charge in [-0.05, 0) is 56.4 Å². The fourth-order valence-electron chi connectivity index (χ4n) is 2.83. The molecule has 0 saturated carbocycles. The molecule has 136 valence electrons. The Labute approximate surface area is 155 Å². The van der Waals surface area contributed by atoms with Gasteiger partial charge in [0.1, 0.15) is 0 Å². The van der Waals surface area contributed by atoms with Crippen molar-refractivity contribution in [3.05, 3.63) is 77.0 Å². The van der Waals surface area contributed by atoms with Crippen molar-refractivity contribution in [2.24, 2.45) is 5.16 Å². The lowest BCUT2D eigenvalue weighted by molar-refractivity contribution is -0.120. The van der Waals surface area contributed by atoms with Crippen molar-refractivity contribution >= 4 is 17.2 Å². The average Bonchev–Trinajstić information content (AvgIpc) is 2.86. The predicted octanol–water partition coefficient (Wildman–Crippen LogP) is 4.78. The van der Waals surface area contributed by atoms with Crippen LogP contribution < -0.4 is 5.32 Å². The van der Waals surface area contributed by atoms with Crippen LogP contribution in [-0.4, -0.2) is 16.8 Å². The summed E-state index contributed by atoms with van der Waals surface area (Å²) in [5.41, 5.74) is 5.52. The molecule has 0 spiro atoms. The number of hydrogen-bond acceptors (Lipinski definition) is 3. The van der Waals surface area contributed by atoms with E-state index < -0.39 is 0 Å². The third-order valence-electron chi connectivity index (χ3n) is 4.39. The van der Waals surface area contributed by atoms with Gasteiger partial charge in [0.2, 0.25) is 5.91 Å². The molecule has 0 unspecified atom stereocenters. The number of carbonyl (C=O) groups excluding carboxylic acids is 1. The number of nitrogens with zero attached hydrogens (tertiary/aromatic N) is 1. The van der Waals surface area contributed by atoms with Crippen LogP contribution in [0.2, 0.25) is 0 Å². The average molecular weight is 350 g/mol. The first-order chi connectivity index (χ1) is 12.5. The number of carbonyl (C=O) groups is 1. The van der Waals surface area contributed by atoms with E-state index in [9.17, 15) is 4.79 Å². The minimum Gasteiger partial charge on any atom is -0.411 e. The number of benzene rings is 1. The van der Waals surface area contributed by atoms with E-state index >= 15 is 0 Å². The van der Waals surface area contributed by atoms with E-state index in [1.807, 2.05) is 56.3 Å². The van der Waals surface area contributed by atoms with Crippen molar-refractivity contribution in [3.8, 4) is 0 Å². The normalized spacial score (nSPS) is 15.2. The van der Waals surface area contributed by atoms with Crippen LogP contribution in [0, 0.1) is 0 Å². The molecule has 4 nitrogen and oxygen atoms in total. The molecule has 26 heavy (non-hydrogen) atoms. The van der Waals surface area contributed by atoms with Gasteiger partial charge in [0, 0.05) is 17.7 Å². The highest BCUT2D eigenvalue weighted by atomic mass is 16.4. The number of hydrogen-bond donors (Lipinski definition) is 2. The standard InChI is InChI=1S/C22H26N2O2/c1-4-20(17(3)24-26)19-13-10-18(11-14-19)12-15-22(25)23-21-9-7-5-6-8-16(21)2/h4-5,7-11,13-14,26H,6,12,15H2,1-3H3,(H,23,25)/b20-4-,24-17-. The summed E-state index contributed by atoms with van der Waals surface area (Å²) >= 11 is 0. The molecule has 2 N–H and O–H groups in total. The summed E-state index contributed by atoms with van der Waals surface area (Å²) in [5.74, 6) is 0.0146. The first-order valence-electron chi connectivity index (χ1n) is 8.83. The maximum Gasteiger partial charge on any atom is 0.224 e. The molecule has 2 rings (SSSR count). The number of oxime groups is 1. The minimum atomic E-state index is 0.0146. The summed E-state index contributed by atoms with van der Waals surface area (Å²) in [5, 5.41) is 15.2. The van der Waals surface area contributed by atoms with E-state index in [2.05, 4.69) is 22.6 Å². The Bertz CT molecular complexity index is 794. The minimum absolute atomic E-state index is 0.0146. The molecule has 0 fully saturated rings. The summed E-state index contributed by atoms with van der Waals surface area (Å²) in [6.07, 6.45) is 12.0. The molecule has 0 saturated heterocycles. The van der Waals surface area contributed by atoms with Crippen molar-refractivity contribution in [2.75, 3.05) is 0 Å². The second-order valence-electron chi connectivity index (χ2n) is 6.26. The van der Waals surface area contributed by atoms with Crippen LogP contribution in [-0.2, 0) is 11.2 Å². The van der Waals surface area contributed by atoms with E-state index in [4.69, 9.17) is 5.21 Å². The molecule has 0 bridgehead atoms. The smallest absolute Gasteiger partial charge is 0.224 e. The molecule has 4 heteroatoms. The third kappa shape index (κ3) is 5.31. The molecular formula is C22H26N2O2. The van der Waals surface area contributed by atoms with Crippen molar-refractivity contribution in [3.63, 3.8) is 0 Å². The Morgan fingerprint density at radius 2 is 2.04 bits per heavy atom. The van der Waals surface area contributed by atoms with Gasteiger partial charge in [-0.3, -0.25) is 4.79 Å². The molecule has 1 aromatic rings. The highest BCUT2D eigenvalue weighted by Crippen LogP contribution is 2.18. The van der Waals surface area contributed by atoms with Gasteiger partial charge < -0.3 is 10.5 Å². The van der Waals surface area contributed by atoms with Gasteiger partial charge in [-0.25, -0.2) is 0 Å². The zero-order valence-corrected chi connectivity index (χ0v) is 15.6. The lowest BCUT2D eigenvalue weighted by Crippen LogP contribution is -2.23. The summed E-state index contributed by atoms with van der Waals surface area (Å²) in [6.45, 7) is 5.69. The molecule has 0 radical (unpaired) electrons. The maximum absolute atomic E-state index is 12.2. The van der Waals surface area contributed by atoms with E-state index in [0.717, 1.165) is 34.4 Å². The fraction of sp³-hybridized carbons (Fsp3) is 0.273. The number of rotatable bonds is 6. The lowest BCUT2D eigenvalue weighted by atomic mass is 9.99. The fourth-order valence-corrected chi connectivity index (χ4v) is 2.83. The number of amides is 1. The van der Waals surface area contributed by atoms with Gasteiger partial charge in [0.25, 0.3) is 0 Å². The Morgan fingerprint density at radius 3 is 2.69 bits per heavy atom. The Hall–Kier alpha value is -2.88. The molecule has 0 aliphatic heterocycles. The zero-order chi connectivity index (χ0) is 18.9. The lowest BCUT2D eigenvalue weighted by Gasteiger charge is -2.10. The molecular weight excluding hydrogens is 324 g/mol.